The van der Waals surface area contributed by atoms with E-state index in [1.807, 2.05) is 62.4 Å². The van der Waals surface area contributed by atoms with Crippen LogP contribution in [0.15, 0.2) is 120 Å². The maximum absolute atomic E-state index is 10.1. The minimum atomic E-state index is -0.610. The summed E-state index contributed by atoms with van der Waals surface area (Å²) in [5.41, 5.74) is 5.45. The molecule has 0 unspecified atom stereocenters. The van der Waals surface area contributed by atoms with Crippen LogP contribution in [0.3, 0.4) is 0 Å². The van der Waals surface area contributed by atoms with Gasteiger partial charge in [-0.15, -0.1) is 0 Å². The maximum atomic E-state index is 10.1. The van der Waals surface area contributed by atoms with E-state index in [-0.39, 0.29) is 6.61 Å². The Bertz CT molecular complexity index is 2120. The molecule has 2 aromatic heterocycles. The first kappa shape index (κ1) is 25.8. The number of aliphatic hydroxyl groups excluding tert-OH is 1. The fourth-order valence-electron chi connectivity index (χ4n) is 5.26. The summed E-state index contributed by atoms with van der Waals surface area (Å²) in [6, 6.07) is 37.1. The zero-order chi connectivity index (χ0) is 28.8. The average molecular weight is 548 g/mol. The van der Waals surface area contributed by atoms with Crippen molar-refractivity contribution in [3.8, 4) is 33.9 Å². The number of furan rings is 1. The highest BCUT2D eigenvalue weighted by Gasteiger charge is 2.26. The molecule has 0 fully saturated rings. The van der Waals surface area contributed by atoms with Gasteiger partial charge in [-0.05, 0) is 45.7 Å². The van der Waals surface area contributed by atoms with Crippen LogP contribution in [0.2, 0.25) is 0 Å². The number of aromatic nitrogens is 3. The van der Waals surface area contributed by atoms with E-state index in [0.717, 1.165) is 44.2 Å². The molecule has 204 valence electrons. The quantitative estimate of drug-likeness (QED) is 0.225. The summed E-state index contributed by atoms with van der Waals surface area (Å²) in [5.74, 6) is 1.47. The van der Waals surface area contributed by atoms with Gasteiger partial charge in [0, 0.05) is 21.8 Å². The molecule has 5 aromatic carbocycles. The highest BCUT2D eigenvalue weighted by atomic mass is 16.3. The van der Waals surface area contributed by atoms with Crippen LogP contribution in [0, 0.1) is 5.41 Å². The van der Waals surface area contributed by atoms with Gasteiger partial charge in [-0.2, -0.15) is 0 Å². The van der Waals surface area contributed by atoms with E-state index in [0.29, 0.717) is 23.0 Å². The number of fused-ring (bicyclic) bond motifs is 4. The predicted molar refractivity (Wildman–Crippen MR) is 171 cm³/mol. The number of rotatable bonds is 6. The van der Waals surface area contributed by atoms with Crippen molar-refractivity contribution in [2.24, 2.45) is 5.41 Å². The molecule has 1 N–H and O–H groups in total. The van der Waals surface area contributed by atoms with Gasteiger partial charge in [-0.25, -0.2) is 15.0 Å². The van der Waals surface area contributed by atoms with Gasteiger partial charge in [-0.1, -0.05) is 111 Å². The van der Waals surface area contributed by atoms with Crippen LogP contribution in [0.4, 0.5) is 0 Å². The lowest BCUT2D eigenvalue weighted by Crippen LogP contribution is -2.20. The fourth-order valence-corrected chi connectivity index (χ4v) is 5.26. The van der Waals surface area contributed by atoms with Gasteiger partial charge in [0.2, 0.25) is 0 Å². The number of aliphatic hydroxyl groups is 1. The first-order valence-corrected chi connectivity index (χ1v) is 14.0. The Morgan fingerprint density at radius 3 is 2.17 bits per heavy atom. The van der Waals surface area contributed by atoms with Crippen molar-refractivity contribution in [3.63, 3.8) is 0 Å². The second kappa shape index (κ2) is 10.1. The molecule has 2 heterocycles. The van der Waals surface area contributed by atoms with E-state index < -0.39 is 5.41 Å². The molecule has 0 radical (unpaired) electrons. The molecular weight excluding hydrogens is 518 g/mol. The Morgan fingerprint density at radius 1 is 0.690 bits per heavy atom. The predicted octanol–water partition coefficient (Wildman–Crippen LogP) is 8.96. The number of benzene rings is 5. The third-order valence-electron chi connectivity index (χ3n) is 7.99. The average Bonchev–Trinajstić information content (AvgIpc) is 3.43. The van der Waals surface area contributed by atoms with Crippen molar-refractivity contribution in [1.82, 2.24) is 15.0 Å². The number of hydrogen-bond acceptors (Lipinski definition) is 5. The molecule has 0 saturated heterocycles. The SMILES string of the molecule is C=C(c1nc(-c2ccc(-c3ccc4ccccc4c3)cc2)nc(-c2cccc3c2oc2ccccc23)n1)C(C)(C)CO. The highest BCUT2D eigenvalue weighted by molar-refractivity contribution is 6.09. The zero-order valence-corrected chi connectivity index (χ0v) is 23.5. The van der Waals surface area contributed by atoms with Crippen molar-refractivity contribution in [3.05, 3.63) is 122 Å². The molecule has 0 amide bonds. The first-order chi connectivity index (χ1) is 20.4. The Hall–Kier alpha value is -5.13. The van der Waals surface area contributed by atoms with Crippen LogP contribution in [-0.2, 0) is 0 Å². The topological polar surface area (TPSA) is 72.0 Å². The highest BCUT2D eigenvalue weighted by Crippen LogP contribution is 2.37. The molecule has 0 aliphatic rings. The van der Waals surface area contributed by atoms with Gasteiger partial charge < -0.3 is 9.52 Å². The lowest BCUT2D eigenvalue weighted by molar-refractivity contribution is 0.206. The fraction of sp³-hybridized carbons (Fsp3) is 0.108. The smallest absolute Gasteiger partial charge is 0.167 e. The monoisotopic (exact) mass is 547 g/mol. The Morgan fingerprint density at radius 2 is 1.36 bits per heavy atom. The van der Waals surface area contributed by atoms with Crippen LogP contribution in [0.1, 0.15) is 19.7 Å². The molecule has 5 nitrogen and oxygen atoms in total. The van der Waals surface area contributed by atoms with Crippen LogP contribution >= 0.6 is 0 Å². The Balaban J connectivity index is 1.36. The third-order valence-corrected chi connectivity index (χ3v) is 7.99. The maximum Gasteiger partial charge on any atom is 0.167 e. The van der Waals surface area contributed by atoms with Gasteiger partial charge in [-0.3, -0.25) is 0 Å². The summed E-state index contributed by atoms with van der Waals surface area (Å²) in [6.45, 7) is 8.05. The molecule has 5 heteroatoms. The second-order valence-electron chi connectivity index (χ2n) is 11.2. The lowest BCUT2D eigenvalue weighted by atomic mass is 9.85. The van der Waals surface area contributed by atoms with Crippen molar-refractivity contribution in [1.29, 1.82) is 0 Å². The summed E-state index contributed by atoms with van der Waals surface area (Å²) in [5, 5.41) is 14.5. The van der Waals surface area contributed by atoms with Crippen molar-refractivity contribution >= 4 is 38.3 Å². The van der Waals surface area contributed by atoms with Crippen molar-refractivity contribution in [2.45, 2.75) is 13.8 Å². The zero-order valence-electron chi connectivity index (χ0n) is 23.5. The standard InChI is InChI=1S/C37H29N3O2/c1-23(37(2,3)22-41)34-38-35(26-18-15-25(16-19-26)28-20-17-24-9-4-5-10-27(24)21-28)40-36(39-34)31-13-8-12-30-29-11-6-7-14-32(29)42-33(30)31/h4-21,41H,1,22H2,2-3H3. The first-order valence-electron chi connectivity index (χ1n) is 14.0. The van der Waals surface area contributed by atoms with E-state index in [2.05, 4.69) is 67.2 Å². The van der Waals surface area contributed by atoms with Crippen LogP contribution in [-0.4, -0.2) is 26.7 Å². The van der Waals surface area contributed by atoms with E-state index in [1.54, 1.807) is 0 Å². The summed E-state index contributed by atoms with van der Waals surface area (Å²) >= 11 is 0. The third kappa shape index (κ3) is 4.44. The molecule has 0 aliphatic carbocycles. The van der Waals surface area contributed by atoms with Crippen molar-refractivity contribution in [2.75, 3.05) is 6.61 Å². The van der Waals surface area contributed by atoms with Crippen LogP contribution < -0.4 is 0 Å². The largest absolute Gasteiger partial charge is 0.455 e. The van der Waals surface area contributed by atoms with E-state index in [1.165, 1.54) is 10.8 Å². The summed E-state index contributed by atoms with van der Waals surface area (Å²) in [7, 11) is 0. The molecule has 0 aliphatic heterocycles. The van der Waals surface area contributed by atoms with Gasteiger partial charge in [0.05, 0.1) is 12.2 Å². The molecule has 0 bridgehead atoms. The number of nitrogens with zero attached hydrogens (tertiary/aromatic N) is 3. The summed E-state index contributed by atoms with van der Waals surface area (Å²) in [4.78, 5) is 14.7. The molecule has 0 saturated carbocycles. The van der Waals surface area contributed by atoms with E-state index >= 15 is 0 Å². The molecule has 7 aromatic rings. The van der Waals surface area contributed by atoms with Gasteiger partial charge >= 0.3 is 0 Å². The Kier molecular flexibility index (Phi) is 6.18. The molecular formula is C37H29N3O2. The minimum Gasteiger partial charge on any atom is -0.455 e. The number of hydrogen-bond donors (Lipinski definition) is 1. The molecule has 0 atom stereocenters. The van der Waals surface area contributed by atoms with E-state index in [4.69, 9.17) is 19.4 Å². The summed E-state index contributed by atoms with van der Waals surface area (Å²) in [6.07, 6.45) is 0. The van der Waals surface area contributed by atoms with Crippen molar-refractivity contribution < 1.29 is 9.52 Å². The Labute approximate surface area is 243 Å². The second-order valence-corrected chi connectivity index (χ2v) is 11.2. The van der Waals surface area contributed by atoms with E-state index in [9.17, 15) is 5.11 Å². The molecule has 7 rings (SSSR count). The minimum absolute atomic E-state index is 0.0816. The lowest BCUT2D eigenvalue weighted by Gasteiger charge is -2.24. The molecule has 42 heavy (non-hydrogen) atoms. The summed E-state index contributed by atoms with van der Waals surface area (Å²) < 4.78 is 6.30. The number of para-hydroxylation sites is 2. The normalized spacial score (nSPS) is 11.9. The van der Waals surface area contributed by atoms with Gasteiger partial charge in [0.25, 0.3) is 0 Å². The van der Waals surface area contributed by atoms with Gasteiger partial charge in [0.15, 0.2) is 17.5 Å². The van der Waals surface area contributed by atoms with Crippen LogP contribution in [0.25, 0.3) is 72.2 Å². The molecule has 0 spiro atoms. The van der Waals surface area contributed by atoms with Crippen LogP contribution in [0.5, 0.6) is 0 Å². The van der Waals surface area contributed by atoms with Gasteiger partial charge in [0.1, 0.15) is 11.2 Å².